The molecule has 182 valence electrons. The second-order valence-electron chi connectivity index (χ2n) is 9.68. The van der Waals surface area contributed by atoms with Crippen LogP contribution < -0.4 is 16.2 Å². The zero-order chi connectivity index (χ0) is 23.9. The minimum absolute atomic E-state index is 0.0297. The van der Waals surface area contributed by atoms with Crippen LogP contribution in [0.1, 0.15) is 52.4 Å². The third kappa shape index (κ3) is 4.55. The molecule has 0 aromatic carbocycles. The summed E-state index contributed by atoms with van der Waals surface area (Å²) >= 11 is 0. The predicted octanol–water partition coefficient (Wildman–Crippen LogP) is -0.115. The zero-order valence-corrected chi connectivity index (χ0v) is 18.7. The summed E-state index contributed by atoms with van der Waals surface area (Å²) in [4.78, 5) is 59.8. The van der Waals surface area contributed by atoms with Crippen LogP contribution in [0.3, 0.4) is 0 Å². The van der Waals surface area contributed by atoms with E-state index in [1.807, 2.05) is 0 Å². The van der Waals surface area contributed by atoms with Crippen molar-refractivity contribution in [3.8, 4) is 0 Å². The van der Waals surface area contributed by atoms with Crippen LogP contribution in [0.15, 0.2) is 0 Å². The molecule has 33 heavy (non-hydrogen) atoms. The SMILES string of the molecule is CC(=O)OC(C(=O)O)C(OC(C)=O)C(=O)NC1CCC2C(C1)C1NNC(=O)C3CCCC2C31. The summed E-state index contributed by atoms with van der Waals surface area (Å²) < 4.78 is 9.71. The molecule has 0 radical (unpaired) electrons. The molecule has 0 spiro atoms. The van der Waals surface area contributed by atoms with Gasteiger partial charge in [-0.15, -0.1) is 0 Å². The third-order valence-corrected chi connectivity index (χ3v) is 7.80. The van der Waals surface area contributed by atoms with Crippen molar-refractivity contribution in [1.29, 1.82) is 0 Å². The monoisotopic (exact) mass is 465 g/mol. The van der Waals surface area contributed by atoms with Crippen LogP contribution in [0.2, 0.25) is 0 Å². The highest BCUT2D eigenvalue weighted by molar-refractivity contribution is 5.91. The van der Waals surface area contributed by atoms with Crippen molar-refractivity contribution in [1.82, 2.24) is 16.2 Å². The lowest BCUT2D eigenvalue weighted by Crippen LogP contribution is -2.60. The van der Waals surface area contributed by atoms with Gasteiger partial charge in [-0.05, 0) is 55.8 Å². The first-order valence-electron chi connectivity index (χ1n) is 11.6. The van der Waals surface area contributed by atoms with Gasteiger partial charge in [-0.1, -0.05) is 6.42 Å². The molecular weight excluding hydrogens is 434 g/mol. The van der Waals surface area contributed by atoms with E-state index in [0.29, 0.717) is 30.6 Å². The quantitative estimate of drug-likeness (QED) is 0.392. The minimum atomic E-state index is -1.94. The summed E-state index contributed by atoms with van der Waals surface area (Å²) in [5.74, 6) is -2.53. The highest BCUT2D eigenvalue weighted by Crippen LogP contribution is 2.56. The maximum Gasteiger partial charge on any atom is 0.349 e. The van der Waals surface area contributed by atoms with E-state index in [0.717, 1.165) is 39.5 Å². The molecule has 2 amide bonds. The average molecular weight is 466 g/mol. The molecule has 9 unspecified atom stereocenters. The van der Waals surface area contributed by atoms with E-state index in [2.05, 4.69) is 16.2 Å². The molecule has 11 nitrogen and oxygen atoms in total. The van der Waals surface area contributed by atoms with E-state index in [1.54, 1.807) is 0 Å². The Morgan fingerprint density at radius 2 is 1.67 bits per heavy atom. The van der Waals surface area contributed by atoms with Gasteiger partial charge in [0.05, 0.1) is 0 Å². The van der Waals surface area contributed by atoms with E-state index < -0.39 is 36.0 Å². The first-order valence-corrected chi connectivity index (χ1v) is 11.6. The highest BCUT2D eigenvalue weighted by atomic mass is 16.6. The van der Waals surface area contributed by atoms with Crippen molar-refractivity contribution in [3.63, 3.8) is 0 Å². The Hall–Kier alpha value is -2.69. The van der Waals surface area contributed by atoms with E-state index in [-0.39, 0.29) is 29.8 Å². The van der Waals surface area contributed by atoms with E-state index in [4.69, 9.17) is 9.47 Å². The summed E-state index contributed by atoms with van der Waals surface area (Å²) in [7, 11) is 0. The van der Waals surface area contributed by atoms with Crippen LogP contribution in [-0.4, -0.2) is 59.1 Å². The van der Waals surface area contributed by atoms with Gasteiger partial charge in [-0.25, -0.2) is 10.2 Å². The molecule has 1 aliphatic heterocycles. The molecule has 3 aliphatic carbocycles. The van der Waals surface area contributed by atoms with Crippen LogP contribution in [0.5, 0.6) is 0 Å². The maximum absolute atomic E-state index is 13.0. The number of nitrogens with one attached hydrogen (secondary N) is 3. The summed E-state index contributed by atoms with van der Waals surface area (Å²) in [5.41, 5.74) is 6.05. The molecule has 4 fully saturated rings. The van der Waals surface area contributed by atoms with Crippen LogP contribution in [0.25, 0.3) is 0 Å². The molecule has 3 saturated carbocycles. The van der Waals surface area contributed by atoms with Crippen LogP contribution >= 0.6 is 0 Å². The molecule has 4 rings (SSSR count). The molecule has 0 aromatic heterocycles. The normalized spacial score (nSPS) is 36.3. The van der Waals surface area contributed by atoms with E-state index in [1.165, 1.54) is 0 Å². The number of amides is 2. The number of carbonyl (C=O) groups is 5. The fraction of sp³-hybridized carbons (Fsp3) is 0.773. The van der Waals surface area contributed by atoms with Gasteiger partial charge in [-0.2, -0.15) is 0 Å². The number of rotatable bonds is 6. The number of hydrogen-bond donors (Lipinski definition) is 4. The average Bonchev–Trinajstić information content (AvgIpc) is 3.07. The Morgan fingerprint density at radius 3 is 2.33 bits per heavy atom. The Labute approximate surface area is 191 Å². The first kappa shape index (κ1) is 23.5. The van der Waals surface area contributed by atoms with Gasteiger partial charge in [0.25, 0.3) is 5.91 Å². The topological polar surface area (TPSA) is 160 Å². The summed E-state index contributed by atoms with van der Waals surface area (Å²) in [6, 6.07) is -0.110. The van der Waals surface area contributed by atoms with Crippen LogP contribution in [-0.2, 0) is 33.4 Å². The fourth-order valence-electron chi connectivity index (χ4n) is 6.75. The standard InChI is InChI=1S/C22H31N3O8/c1-9(26)32-18(19(22(30)31)33-10(2)27)21(29)23-11-6-7-12-13-4-3-5-14-16(13)17(15(12)8-11)24-25-20(14)28/h11-19,24H,3-8H2,1-2H3,(H,23,29)(H,25,28)(H,30,31). The van der Waals surface area contributed by atoms with Gasteiger partial charge < -0.3 is 19.9 Å². The van der Waals surface area contributed by atoms with Crippen LogP contribution in [0, 0.1) is 29.6 Å². The Balaban J connectivity index is 1.46. The van der Waals surface area contributed by atoms with Crippen molar-refractivity contribution in [2.75, 3.05) is 0 Å². The molecule has 1 heterocycles. The number of carbonyl (C=O) groups excluding carboxylic acids is 4. The number of aliphatic carboxylic acids is 1. The highest BCUT2D eigenvalue weighted by Gasteiger charge is 2.58. The number of hydrazine groups is 1. The molecule has 0 aromatic rings. The van der Waals surface area contributed by atoms with Crippen molar-refractivity contribution in [2.45, 2.75) is 76.7 Å². The first-order chi connectivity index (χ1) is 15.7. The smallest absolute Gasteiger partial charge is 0.349 e. The maximum atomic E-state index is 13.0. The predicted molar refractivity (Wildman–Crippen MR) is 111 cm³/mol. The van der Waals surface area contributed by atoms with Crippen molar-refractivity contribution in [3.05, 3.63) is 0 Å². The van der Waals surface area contributed by atoms with Crippen molar-refractivity contribution in [2.24, 2.45) is 29.6 Å². The van der Waals surface area contributed by atoms with E-state index >= 15 is 0 Å². The number of hydrogen-bond acceptors (Lipinski definition) is 8. The lowest BCUT2D eigenvalue weighted by Gasteiger charge is -2.41. The Morgan fingerprint density at radius 1 is 0.970 bits per heavy atom. The molecule has 0 bridgehead atoms. The third-order valence-electron chi connectivity index (χ3n) is 7.80. The molecule has 11 heteroatoms. The number of esters is 2. The Bertz CT molecular complexity index is 847. The minimum Gasteiger partial charge on any atom is -0.478 e. The van der Waals surface area contributed by atoms with Crippen molar-refractivity contribution < 1.29 is 38.6 Å². The second-order valence-corrected chi connectivity index (χ2v) is 9.68. The molecule has 1 saturated heterocycles. The number of carboxylic acids is 1. The molecule has 4 N–H and O–H groups in total. The zero-order valence-electron chi connectivity index (χ0n) is 18.7. The number of carboxylic acid groups (broad SMARTS) is 1. The van der Waals surface area contributed by atoms with Gasteiger partial charge in [0.15, 0.2) is 0 Å². The van der Waals surface area contributed by atoms with E-state index in [9.17, 15) is 29.1 Å². The fourth-order valence-corrected chi connectivity index (χ4v) is 6.75. The molecular formula is C22H31N3O8. The van der Waals surface area contributed by atoms with Gasteiger partial charge in [0, 0.05) is 31.8 Å². The summed E-state index contributed by atoms with van der Waals surface area (Å²) in [6.45, 7) is 2.07. The lowest BCUT2D eigenvalue weighted by atomic mass is 9.68. The number of ether oxygens (including phenoxy) is 2. The molecule has 9 atom stereocenters. The second kappa shape index (κ2) is 9.28. The van der Waals surface area contributed by atoms with Crippen LogP contribution in [0.4, 0.5) is 0 Å². The lowest BCUT2D eigenvalue weighted by molar-refractivity contribution is -0.181. The van der Waals surface area contributed by atoms with Gasteiger partial charge in [-0.3, -0.25) is 24.6 Å². The largest absolute Gasteiger partial charge is 0.478 e. The number of fused-ring (bicyclic) bond motifs is 3. The molecule has 4 aliphatic rings. The summed E-state index contributed by atoms with van der Waals surface area (Å²) in [6.07, 6.45) is 1.60. The van der Waals surface area contributed by atoms with Crippen molar-refractivity contribution >= 4 is 29.7 Å². The van der Waals surface area contributed by atoms with Gasteiger partial charge in [0.2, 0.25) is 18.1 Å². The summed E-state index contributed by atoms with van der Waals surface area (Å²) in [5, 5.41) is 12.3. The Kier molecular flexibility index (Phi) is 6.60. The van der Waals surface area contributed by atoms with Gasteiger partial charge >= 0.3 is 17.9 Å². The van der Waals surface area contributed by atoms with Gasteiger partial charge in [0.1, 0.15) is 0 Å².